The molecule has 1 heteroatoms. The minimum atomic E-state index is -0.262. The van der Waals surface area contributed by atoms with Crippen molar-refractivity contribution in [3.8, 4) is 0 Å². The van der Waals surface area contributed by atoms with Crippen molar-refractivity contribution >= 4 is 0 Å². The fraction of sp³-hybridized carbons (Fsp3) is 0.143. The second kappa shape index (κ2) is 4.31. The van der Waals surface area contributed by atoms with Gasteiger partial charge in [-0.3, -0.25) is 0 Å². The van der Waals surface area contributed by atoms with Crippen LogP contribution >= 0.6 is 0 Å². The topological polar surface area (TPSA) is 0 Å². The van der Waals surface area contributed by atoms with Crippen LogP contribution in [0.4, 0.5) is 4.39 Å². The van der Waals surface area contributed by atoms with Gasteiger partial charge in [-0.25, -0.2) is 4.39 Å². The molecule has 0 aromatic rings. The van der Waals surface area contributed by atoms with Gasteiger partial charge in [-0.15, -0.1) is 0 Å². The zero-order chi connectivity index (χ0) is 6.41. The zero-order valence-corrected chi connectivity index (χ0v) is 4.89. The van der Waals surface area contributed by atoms with E-state index in [-0.39, 0.29) is 5.83 Å². The standard InChI is InChI=1S/C7H9F/c1-3-5-7(8)6-4-2/h3-6H,1H2,2H3/b6-4-,7-5+. The Kier molecular flexibility index (Phi) is 3.85. The summed E-state index contributed by atoms with van der Waals surface area (Å²) in [6.07, 6.45) is 5.73. The van der Waals surface area contributed by atoms with E-state index < -0.39 is 0 Å². The molecule has 0 unspecified atom stereocenters. The third kappa shape index (κ3) is 3.34. The fourth-order valence-corrected chi connectivity index (χ4v) is 0.327. The summed E-state index contributed by atoms with van der Waals surface area (Å²) in [5.74, 6) is -0.262. The molecule has 0 aromatic carbocycles. The van der Waals surface area contributed by atoms with Crippen LogP contribution in [-0.2, 0) is 0 Å². The minimum absolute atomic E-state index is 0.262. The second-order valence-electron chi connectivity index (χ2n) is 1.29. The highest BCUT2D eigenvalue weighted by Crippen LogP contribution is 1.96. The van der Waals surface area contributed by atoms with Gasteiger partial charge in [0.1, 0.15) is 5.83 Å². The molecular formula is C7H9F. The molecule has 0 amide bonds. The molecule has 0 aliphatic carbocycles. The lowest BCUT2D eigenvalue weighted by Gasteiger charge is -1.77. The molecule has 0 aliphatic heterocycles. The van der Waals surface area contributed by atoms with E-state index in [0.29, 0.717) is 0 Å². The van der Waals surface area contributed by atoms with E-state index in [4.69, 9.17) is 0 Å². The lowest BCUT2D eigenvalue weighted by molar-refractivity contribution is 0.667. The van der Waals surface area contributed by atoms with Crippen molar-refractivity contribution in [1.29, 1.82) is 0 Å². The summed E-state index contributed by atoms with van der Waals surface area (Å²) in [5, 5.41) is 0. The highest BCUT2D eigenvalue weighted by atomic mass is 19.1. The Hall–Kier alpha value is -0.850. The van der Waals surface area contributed by atoms with Crippen molar-refractivity contribution in [2.45, 2.75) is 6.92 Å². The van der Waals surface area contributed by atoms with Gasteiger partial charge in [-0.2, -0.15) is 0 Å². The quantitative estimate of drug-likeness (QED) is 0.481. The first-order chi connectivity index (χ1) is 3.81. The van der Waals surface area contributed by atoms with Crippen molar-refractivity contribution in [2.24, 2.45) is 0 Å². The first-order valence-electron chi connectivity index (χ1n) is 2.42. The van der Waals surface area contributed by atoms with Gasteiger partial charge in [0.05, 0.1) is 0 Å². The molecule has 0 spiro atoms. The van der Waals surface area contributed by atoms with E-state index in [2.05, 4.69) is 6.58 Å². The second-order valence-corrected chi connectivity index (χ2v) is 1.29. The molecular weight excluding hydrogens is 103 g/mol. The van der Waals surface area contributed by atoms with Gasteiger partial charge in [-0.1, -0.05) is 18.7 Å². The summed E-state index contributed by atoms with van der Waals surface area (Å²) < 4.78 is 12.1. The average Bonchev–Trinajstić information content (AvgIpc) is 1.68. The maximum atomic E-state index is 12.1. The maximum absolute atomic E-state index is 12.1. The first-order valence-corrected chi connectivity index (χ1v) is 2.42. The minimum Gasteiger partial charge on any atom is -0.207 e. The zero-order valence-electron chi connectivity index (χ0n) is 4.89. The van der Waals surface area contributed by atoms with Gasteiger partial charge < -0.3 is 0 Å². The molecule has 8 heavy (non-hydrogen) atoms. The van der Waals surface area contributed by atoms with Crippen LogP contribution in [-0.4, -0.2) is 0 Å². The van der Waals surface area contributed by atoms with Gasteiger partial charge in [0.2, 0.25) is 0 Å². The predicted octanol–water partition coefficient (Wildman–Crippen LogP) is 2.60. The largest absolute Gasteiger partial charge is 0.207 e. The van der Waals surface area contributed by atoms with Crippen LogP contribution in [0.3, 0.4) is 0 Å². The van der Waals surface area contributed by atoms with E-state index in [1.165, 1.54) is 18.2 Å². The van der Waals surface area contributed by atoms with Crippen LogP contribution in [0, 0.1) is 0 Å². The Balaban J connectivity index is 3.79. The Labute approximate surface area is 49.0 Å². The van der Waals surface area contributed by atoms with E-state index in [1.807, 2.05) is 0 Å². The SMILES string of the molecule is C=C/C=C(F)\C=C/C. The highest BCUT2D eigenvalue weighted by Gasteiger charge is 1.77. The Morgan fingerprint density at radius 1 is 1.62 bits per heavy atom. The van der Waals surface area contributed by atoms with Crippen LogP contribution in [0.25, 0.3) is 0 Å². The van der Waals surface area contributed by atoms with E-state index in [1.54, 1.807) is 13.0 Å². The van der Waals surface area contributed by atoms with Crippen molar-refractivity contribution in [3.63, 3.8) is 0 Å². The van der Waals surface area contributed by atoms with Crippen molar-refractivity contribution in [1.82, 2.24) is 0 Å². The van der Waals surface area contributed by atoms with Gasteiger partial charge in [0, 0.05) is 0 Å². The van der Waals surface area contributed by atoms with Crippen LogP contribution < -0.4 is 0 Å². The summed E-state index contributed by atoms with van der Waals surface area (Å²) in [6.45, 7) is 5.09. The number of allylic oxidation sites excluding steroid dienone is 5. The molecule has 0 rings (SSSR count). The van der Waals surface area contributed by atoms with E-state index in [9.17, 15) is 4.39 Å². The summed E-state index contributed by atoms with van der Waals surface area (Å²) in [4.78, 5) is 0. The molecule has 44 valence electrons. The third-order valence-corrected chi connectivity index (χ3v) is 0.603. The van der Waals surface area contributed by atoms with Gasteiger partial charge in [-0.05, 0) is 19.1 Å². The number of rotatable bonds is 2. The van der Waals surface area contributed by atoms with Crippen LogP contribution in [0.2, 0.25) is 0 Å². The molecule has 0 atom stereocenters. The molecule has 0 aliphatic rings. The lowest BCUT2D eigenvalue weighted by atomic mass is 10.4. The smallest absolute Gasteiger partial charge is 0.122 e. The molecule has 0 radical (unpaired) electrons. The van der Waals surface area contributed by atoms with Gasteiger partial charge >= 0.3 is 0 Å². The third-order valence-electron chi connectivity index (χ3n) is 0.603. The molecule has 0 N–H and O–H groups in total. The molecule has 0 bridgehead atoms. The predicted molar refractivity (Wildman–Crippen MR) is 34.2 cm³/mol. The molecule has 0 aromatic heterocycles. The van der Waals surface area contributed by atoms with Gasteiger partial charge in [0.25, 0.3) is 0 Å². The molecule has 0 heterocycles. The fourth-order valence-electron chi connectivity index (χ4n) is 0.327. The van der Waals surface area contributed by atoms with E-state index in [0.717, 1.165) is 0 Å². The van der Waals surface area contributed by atoms with Crippen LogP contribution in [0.1, 0.15) is 6.92 Å². The Morgan fingerprint density at radius 3 is 2.62 bits per heavy atom. The summed E-state index contributed by atoms with van der Waals surface area (Å²) in [6, 6.07) is 0. The molecule has 0 saturated carbocycles. The van der Waals surface area contributed by atoms with Crippen LogP contribution in [0.5, 0.6) is 0 Å². The molecule has 0 saturated heterocycles. The van der Waals surface area contributed by atoms with Crippen molar-refractivity contribution in [2.75, 3.05) is 0 Å². The summed E-state index contributed by atoms with van der Waals surface area (Å²) in [7, 11) is 0. The Bertz CT molecular complexity index is 120. The number of halogens is 1. The Morgan fingerprint density at radius 2 is 2.25 bits per heavy atom. The molecule has 0 fully saturated rings. The highest BCUT2D eigenvalue weighted by molar-refractivity contribution is 5.15. The summed E-state index contributed by atoms with van der Waals surface area (Å²) >= 11 is 0. The lowest BCUT2D eigenvalue weighted by Crippen LogP contribution is -1.58. The van der Waals surface area contributed by atoms with E-state index >= 15 is 0 Å². The summed E-state index contributed by atoms with van der Waals surface area (Å²) in [5.41, 5.74) is 0. The first kappa shape index (κ1) is 7.15. The van der Waals surface area contributed by atoms with Gasteiger partial charge in [0.15, 0.2) is 0 Å². The van der Waals surface area contributed by atoms with Crippen LogP contribution in [0.15, 0.2) is 36.7 Å². The monoisotopic (exact) mass is 112 g/mol. The van der Waals surface area contributed by atoms with Crippen molar-refractivity contribution in [3.05, 3.63) is 36.7 Å². The van der Waals surface area contributed by atoms with Crippen molar-refractivity contribution < 1.29 is 4.39 Å². The normalized spacial score (nSPS) is 12.5. The molecule has 0 nitrogen and oxygen atoms in total. The average molecular weight is 112 g/mol. The maximum Gasteiger partial charge on any atom is 0.122 e. The number of hydrogen-bond acceptors (Lipinski definition) is 0. The number of hydrogen-bond donors (Lipinski definition) is 0.